The SMILES string of the molecule is [CH2]c1cc(Oc2c(F)cc(C(F)(F)F)cc2F)ccc1F. The van der Waals surface area contributed by atoms with Crippen molar-refractivity contribution < 1.29 is 31.1 Å². The highest BCUT2D eigenvalue weighted by atomic mass is 19.4. The minimum Gasteiger partial charge on any atom is -0.451 e. The number of hydrogen-bond donors (Lipinski definition) is 0. The van der Waals surface area contributed by atoms with Gasteiger partial charge >= 0.3 is 6.18 Å². The third-order valence-electron chi connectivity index (χ3n) is 2.56. The van der Waals surface area contributed by atoms with Crippen LogP contribution in [0.4, 0.5) is 26.3 Å². The van der Waals surface area contributed by atoms with Crippen LogP contribution in [-0.4, -0.2) is 0 Å². The van der Waals surface area contributed by atoms with Gasteiger partial charge in [0, 0.05) is 0 Å². The number of benzene rings is 2. The Morgan fingerprint density at radius 1 is 0.857 bits per heavy atom. The molecule has 0 spiro atoms. The molecule has 0 N–H and O–H groups in total. The average molecular weight is 305 g/mol. The van der Waals surface area contributed by atoms with Gasteiger partial charge in [-0.3, -0.25) is 0 Å². The second-order valence-corrected chi connectivity index (χ2v) is 4.12. The molecule has 21 heavy (non-hydrogen) atoms. The van der Waals surface area contributed by atoms with Crippen LogP contribution >= 0.6 is 0 Å². The molecule has 0 unspecified atom stereocenters. The third-order valence-corrected chi connectivity index (χ3v) is 2.56. The Morgan fingerprint density at radius 3 is 1.90 bits per heavy atom. The lowest BCUT2D eigenvalue weighted by Crippen LogP contribution is -2.07. The van der Waals surface area contributed by atoms with Crippen LogP contribution in [0.1, 0.15) is 11.1 Å². The molecule has 0 saturated heterocycles. The van der Waals surface area contributed by atoms with Gasteiger partial charge in [0.2, 0.25) is 0 Å². The summed E-state index contributed by atoms with van der Waals surface area (Å²) in [5.74, 6) is -4.85. The maximum absolute atomic E-state index is 13.6. The van der Waals surface area contributed by atoms with Crippen molar-refractivity contribution in [3.63, 3.8) is 0 Å². The highest BCUT2D eigenvalue weighted by Gasteiger charge is 2.33. The van der Waals surface area contributed by atoms with E-state index in [9.17, 15) is 26.3 Å². The van der Waals surface area contributed by atoms with Gasteiger partial charge in [-0.05, 0) is 42.8 Å². The molecule has 0 aromatic heterocycles. The summed E-state index contributed by atoms with van der Waals surface area (Å²) in [6.45, 7) is 3.32. The van der Waals surface area contributed by atoms with E-state index in [0.29, 0.717) is 0 Å². The fraction of sp³-hybridized carbons (Fsp3) is 0.0714. The van der Waals surface area contributed by atoms with Gasteiger partial charge in [-0.2, -0.15) is 13.2 Å². The van der Waals surface area contributed by atoms with Crippen LogP contribution in [-0.2, 0) is 6.18 Å². The molecule has 0 atom stereocenters. The second kappa shape index (κ2) is 5.31. The average Bonchev–Trinajstić information content (AvgIpc) is 2.36. The molecule has 7 heteroatoms. The van der Waals surface area contributed by atoms with Crippen LogP contribution in [0, 0.1) is 24.4 Å². The maximum Gasteiger partial charge on any atom is 0.416 e. The molecule has 2 rings (SSSR count). The summed E-state index contributed by atoms with van der Waals surface area (Å²) in [6, 6.07) is 3.32. The summed E-state index contributed by atoms with van der Waals surface area (Å²) in [6.07, 6.45) is -4.88. The number of alkyl halides is 3. The smallest absolute Gasteiger partial charge is 0.416 e. The molecule has 2 aromatic carbocycles. The van der Waals surface area contributed by atoms with E-state index in [1.54, 1.807) is 0 Å². The first kappa shape index (κ1) is 15.2. The van der Waals surface area contributed by atoms with E-state index in [1.165, 1.54) is 0 Å². The van der Waals surface area contributed by atoms with E-state index in [4.69, 9.17) is 4.74 Å². The summed E-state index contributed by atoms with van der Waals surface area (Å²) in [7, 11) is 0. The predicted molar refractivity (Wildman–Crippen MR) is 62.3 cm³/mol. The van der Waals surface area contributed by atoms with E-state index < -0.39 is 34.9 Å². The molecule has 0 heterocycles. The Balaban J connectivity index is 2.39. The minimum atomic E-state index is -4.88. The van der Waals surface area contributed by atoms with E-state index in [-0.39, 0.29) is 23.4 Å². The second-order valence-electron chi connectivity index (χ2n) is 4.12. The minimum absolute atomic E-state index is 0.0831. The maximum atomic E-state index is 13.6. The van der Waals surface area contributed by atoms with E-state index in [1.807, 2.05) is 0 Å². The number of hydrogen-bond acceptors (Lipinski definition) is 1. The normalized spacial score (nSPS) is 11.6. The molecule has 1 nitrogen and oxygen atoms in total. The van der Waals surface area contributed by atoms with Gasteiger partial charge in [0.25, 0.3) is 0 Å². The fourth-order valence-corrected chi connectivity index (χ4v) is 1.55. The van der Waals surface area contributed by atoms with Crippen molar-refractivity contribution in [1.82, 2.24) is 0 Å². The van der Waals surface area contributed by atoms with Gasteiger partial charge in [0.05, 0.1) is 5.56 Å². The lowest BCUT2D eigenvalue weighted by atomic mass is 10.2. The lowest BCUT2D eigenvalue weighted by molar-refractivity contribution is -0.138. The van der Waals surface area contributed by atoms with E-state index >= 15 is 0 Å². The first-order valence-electron chi connectivity index (χ1n) is 5.54. The van der Waals surface area contributed by atoms with Crippen LogP contribution < -0.4 is 4.74 Å². The van der Waals surface area contributed by atoms with E-state index in [2.05, 4.69) is 6.92 Å². The van der Waals surface area contributed by atoms with Gasteiger partial charge in [0.1, 0.15) is 11.6 Å². The van der Waals surface area contributed by atoms with Crippen molar-refractivity contribution in [3.05, 3.63) is 65.8 Å². The first-order chi connectivity index (χ1) is 9.68. The highest BCUT2D eigenvalue weighted by molar-refractivity contribution is 5.39. The molecule has 0 amide bonds. The molecule has 0 bridgehead atoms. The monoisotopic (exact) mass is 305 g/mol. The van der Waals surface area contributed by atoms with Crippen molar-refractivity contribution in [2.45, 2.75) is 6.18 Å². The zero-order valence-electron chi connectivity index (χ0n) is 10.3. The molecule has 111 valence electrons. The third kappa shape index (κ3) is 3.29. The molecule has 0 saturated carbocycles. The van der Waals surface area contributed by atoms with Gasteiger partial charge in [-0.25, -0.2) is 13.2 Å². The molecule has 0 fully saturated rings. The fourth-order valence-electron chi connectivity index (χ4n) is 1.55. The summed E-state index contributed by atoms with van der Waals surface area (Å²) in [5, 5.41) is 0. The van der Waals surface area contributed by atoms with Crippen LogP contribution in [0.2, 0.25) is 0 Å². The van der Waals surface area contributed by atoms with Crippen molar-refractivity contribution in [2.24, 2.45) is 0 Å². The Hall–Kier alpha value is -2.18. The quantitative estimate of drug-likeness (QED) is 0.702. The van der Waals surface area contributed by atoms with Crippen LogP contribution in [0.5, 0.6) is 11.5 Å². The van der Waals surface area contributed by atoms with Crippen LogP contribution in [0.15, 0.2) is 30.3 Å². The van der Waals surface area contributed by atoms with Gasteiger partial charge < -0.3 is 4.74 Å². The molecule has 0 aliphatic rings. The van der Waals surface area contributed by atoms with Crippen LogP contribution in [0.3, 0.4) is 0 Å². The Kier molecular flexibility index (Phi) is 3.85. The van der Waals surface area contributed by atoms with Crippen molar-refractivity contribution in [3.8, 4) is 11.5 Å². The zero-order chi connectivity index (χ0) is 15.8. The first-order valence-corrected chi connectivity index (χ1v) is 5.54. The number of halogens is 6. The molecular formula is C14H7F6O. The van der Waals surface area contributed by atoms with Gasteiger partial charge in [0.15, 0.2) is 17.4 Å². The molecule has 2 aromatic rings. The highest BCUT2D eigenvalue weighted by Crippen LogP contribution is 2.35. The van der Waals surface area contributed by atoms with Crippen LogP contribution in [0.25, 0.3) is 0 Å². The Morgan fingerprint density at radius 2 is 1.43 bits per heavy atom. The number of rotatable bonds is 2. The van der Waals surface area contributed by atoms with Crippen molar-refractivity contribution in [1.29, 1.82) is 0 Å². The summed E-state index contributed by atoms with van der Waals surface area (Å²) in [4.78, 5) is 0. The molecule has 0 aliphatic carbocycles. The predicted octanol–water partition coefficient (Wildman–Crippen LogP) is 5.10. The Labute approximate surface area is 115 Å². The largest absolute Gasteiger partial charge is 0.451 e. The molecule has 1 radical (unpaired) electrons. The zero-order valence-corrected chi connectivity index (χ0v) is 10.3. The molecular weight excluding hydrogens is 298 g/mol. The van der Waals surface area contributed by atoms with Crippen molar-refractivity contribution >= 4 is 0 Å². The summed E-state index contributed by atoms with van der Waals surface area (Å²) in [5.41, 5.74) is -1.55. The lowest BCUT2D eigenvalue weighted by Gasteiger charge is -2.12. The summed E-state index contributed by atoms with van der Waals surface area (Å²) >= 11 is 0. The van der Waals surface area contributed by atoms with E-state index in [0.717, 1.165) is 18.2 Å². The van der Waals surface area contributed by atoms with Gasteiger partial charge in [-0.1, -0.05) is 0 Å². The summed E-state index contributed by atoms with van der Waals surface area (Å²) < 4.78 is 82.1. The topological polar surface area (TPSA) is 9.23 Å². The van der Waals surface area contributed by atoms with Crippen molar-refractivity contribution in [2.75, 3.05) is 0 Å². The molecule has 0 aliphatic heterocycles. The number of ether oxygens (including phenoxy) is 1. The van der Waals surface area contributed by atoms with Gasteiger partial charge in [-0.15, -0.1) is 0 Å². The Bertz CT molecular complexity index is 655. The standard InChI is InChI=1S/C14H7F6O/c1-7-4-9(2-3-10(7)15)21-13-11(16)5-8(6-12(13)17)14(18,19)20/h2-6H,1H2.